The smallest absolute Gasteiger partial charge is 0.0713 e. The van der Waals surface area contributed by atoms with Crippen LogP contribution in [-0.2, 0) is 11.3 Å². The Kier molecular flexibility index (Phi) is 5.94. The number of hydrogen-bond donors (Lipinski definition) is 1. The van der Waals surface area contributed by atoms with E-state index in [-0.39, 0.29) is 0 Å². The van der Waals surface area contributed by atoms with Crippen LogP contribution in [0.25, 0.3) is 0 Å². The van der Waals surface area contributed by atoms with E-state index >= 15 is 0 Å². The van der Waals surface area contributed by atoms with Crippen molar-refractivity contribution in [1.82, 2.24) is 0 Å². The Hall–Kier alpha value is -1.02. The van der Waals surface area contributed by atoms with Gasteiger partial charge in [0.25, 0.3) is 0 Å². The first-order valence-electron chi connectivity index (χ1n) is 6.10. The molecule has 2 heteroatoms. The second-order valence-corrected chi connectivity index (χ2v) is 4.32. The van der Waals surface area contributed by atoms with Crippen LogP contribution in [0.1, 0.15) is 38.7 Å². The Balaban J connectivity index is 2.49. The van der Waals surface area contributed by atoms with Gasteiger partial charge in [0.1, 0.15) is 0 Å². The lowest BCUT2D eigenvalue weighted by molar-refractivity contribution is 0.185. The highest BCUT2D eigenvalue weighted by Gasteiger charge is 2.01. The van der Waals surface area contributed by atoms with E-state index < -0.39 is 0 Å². The molecule has 1 N–H and O–H groups in total. The Bertz CT molecular complexity index is 299. The summed E-state index contributed by atoms with van der Waals surface area (Å²) in [5.41, 5.74) is 2.41. The van der Waals surface area contributed by atoms with Crippen molar-refractivity contribution in [3.05, 3.63) is 29.8 Å². The number of anilines is 1. The van der Waals surface area contributed by atoms with Gasteiger partial charge in [0.2, 0.25) is 0 Å². The molecule has 0 amide bonds. The minimum absolute atomic E-state index is 0.540. The normalized spacial score (nSPS) is 12.4. The van der Waals surface area contributed by atoms with Gasteiger partial charge in [0.15, 0.2) is 0 Å². The fraction of sp³-hybridized carbons (Fsp3) is 0.571. The predicted octanol–water partition coefficient (Wildman–Crippen LogP) is 3.82. The molecule has 0 bridgehead atoms. The van der Waals surface area contributed by atoms with Crippen molar-refractivity contribution in [2.75, 3.05) is 12.4 Å². The molecule has 0 saturated heterocycles. The molecular weight excluding hydrogens is 198 g/mol. The lowest BCUT2D eigenvalue weighted by Crippen LogP contribution is -2.14. The van der Waals surface area contributed by atoms with Gasteiger partial charge >= 0.3 is 0 Å². The molecule has 1 atom stereocenters. The second-order valence-electron chi connectivity index (χ2n) is 4.32. The SMILES string of the molecule is CCCCC(C)Nc1cccc(COC)c1. The van der Waals surface area contributed by atoms with E-state index in [9.17, 15) is 0 Å². The van der Waals surface area contributed by atoms with E-state index in [4.69, 9.17) is 4.74 Å². The number of rotatable bonds is 7. The first-order chi connectivity index (χ1) is 7.76. The standard InChI is InChI=1S/C14H23NO/c1-4-5-7-12(2)15-14-9-6-8-13(10-14)11-16-3/h6,8-10,12,15H,4-5,7,11H2,1-3H3. The number of benzene rings is 1. The third-order valence-electron chi connectivity index (χ3n) is 2.64. The summed E-state index contributed by atoms with van der Waals surface area (Å²) in [7, 11) is 1.73. The Morgan fingerprint density at radius 1 is 1.38 bits per heavy atom. The van der Waals surface area contributed by atoms with Crippen molar-refractivity contribution in [2.45, 2.75) is 45.8 Å². The van der Waals surface area contributed by atoms with Crippen molar-refractivity contribution in [1.29, 1.82) is 0 Å². The predicted molar refractivity (Wildman–Crippen MR) is 69.8 cm³/mol. The summed E-state index contributed by atoms with van der Waals surface area (Å²) in [6.07, 6.45) is 3.77. The van der Waals surface area contributed by atoms with E-state index in [1.54, 1.807) is 7.11 Å². The van der Waals surface area contributed by atoms with Crippen LogP contribution >= 0.6 is 0 Å². The van der Waals surface area contributed by atoms with Crippen molar-refractivity contribution in [3.8, 4) is 0 Å². The number of nitrogens with one attached hydrogen (secondary N) is 1. The largest absolute Gasteiger partial charge is 0.383 e. The van der Waals surface area contributed by atoms with Crippen LogP contribution in [-0.4, -0.2) is 13.2 Å². The van der Waals surface area contributed by atoms with Gasteiger partial charge in [-0.05, 0) is 31.0 Å². The van der Waals surface area contributed by atoms with Gasteiger partial charge in [-0.15, -0.1) is 0 Å². The third-order valence-corrected chi connectivity index (χ3v) is 2.64. The highest BCUT2D eigenvalue weighted by atomic mass is 16.5. The van der Waals surface area contributed by atoms with Gasteiger partial charge in [-0.1, -0.05) is 31.9 Å². The number of methoxy groups -OCH3 is 1. The van der Waals surface area contributed by atoms with E-state index in [0.29, 0.717) is 12.6 Å². The highest BCUT2D eigenvalue weighted by molar-refractivity contribution is 5.46. The molecule has 1 unspecified atom stereocenters. The van der Waals surface area contributed by atoms with E-state index in [1.807, 2.05) is 0 Å². The van der Waals surface area contributed by atoms with Gasteiger partial charge < -0.3 is 10.1 Å². The molecule has 0 radical (unpaired) electrons. The average Bonchev–Trinajstić information content (AvgIpc) is 2.27. The Morgan fingerprint density at radius 2 is 2.19 bits per heavy atom. The first kappa shape index (κ1) is 13.0. The second kappa shape index (κ2) is 7.29. The summed E-state index contributed by atoms with van der Waals surface area (Å²) in [5, 5.41) is 3.52. The Morgan fingerprint density at radius 3 is 2.88 bits per heavy atom. The topological polar surface area (TPSA) is 21.3 Å². The monoisotopic (exact) mass is 221 g/mol. The maximum absolute atomic E-state index is 5.12. The van der Waals surface area contributed by atoms with Gasteiger partial charge in [-0.3, -0.25) is 0 Å². The minimum Gasteiger partial charge on any atom is -0.383 e. The molecule has 0 aliphatic carbocycles. The molecule has 0 spiro atoms. The highest BCUT2D eigenvalue weighted by Crippen LogP contribution is 2.14. The lowest BCUT2D eigenvalue weighted by atomic mass is 10.1. The van der Waals surface area contributed by atoms with Crippen LogP contribution < -0.4 is 5.32 Å². The zero-order chi connectivity index (χ0) is 11.8. The molecule has 0 saturated carbocycles. The molecule has 1 aromatic rings. The molecule has 0 heterocycles. The summed E-state index contributed by atoms with van der Waals surface area (Å²) in [4.78, 5) is 0. The van der Waals surface area contributed by atoms with Gasteiger partial charge in [-0.2, -0.15) is 0 Å². The summed E-state index contributed by atoms with van der Waals surface area (Å²) in [5.74, 6) is 0. The fourth-order valence-electron chi connectivity index (χ4n) is 1.78. The number of unbranched alkanes of at least 4 members (excludes halogenated alkanes) is 1. The molecule has 90 valence electrons. The molecule has 16 heavy (non-hydrogen) atoms. The number of ether oxygens (including phenoxy) is 1. The van der Waals surface area contributed by atoms with Crippen molar-refractivity contribution in [2.24, 2.45) is 0 Å². The van der Waals surface area contributed by atoms with Gasteiger partial charge in [-0.25, -0.2) is 0 Å². The maximum Gasteiger partial charge on any atom is 0.0713 e. The molecule has 1 aromatic carbocycles. The van der Waals surface area contributed by atoms with Crippen molar-refractivity contribution < 1.29 is 4.74 Å². The van der Waals surface area contributed by atoms with Gasteiger partial charge in [0, 0.05) is 18.8 Å². The van der Waals surface area contributed by atoms with Crippen molar-refractivity contribution in [3.63, 3.8) is 0 Å². The van der Waals surface area contributed by atoms with Crippen LogP contribution in [0, 0.1) is 0 Å². The van der Waals surface area contributed by atoms with Crippen LogP contribution in [0.15, 0.2) is 24.3 Å². The minimum atomic E-state index is 0.540. The van der Waals surface area contributed by atoms with E-state index in [2.05, 4.69) is 43.4 Å². The molecule has 1 rings (SSSR count). The third kappa shape index (κ3) is 4.67. The summed E-state index contributed by atoms with van der Waals surface area (Å²) >= 11 is 0. The van der Waals surface area contributed by atoms with Crippen molar-refractivity contribution >= 4 is 5.69 Å². The molecule has 0 aromatic heterocycles. The zero-order valence-corrected chi connectivity index (χ0v) is 10.6. The molecule has 0 fully saturated rings. The van der Waals surface area contributed by atoms with Gasteiger partial charge in [0.05, 0.1) is 6.61 Å². The fourth-order valence-corrected chi connectivity index (χ4v) is 1.78. The zero-order valence-electron chi connectivity index (χ0n) is 10.6. The number of hydrogen-bond acceptors (Lipinski definition) is 2. The molecule has 0 aliphatic rings. The van der Waals surface area contributed by atoms with Crippen LogP contribution in [0.3, 0.4) is 0 Å². The quantitative estimate of drug-likeness (QED) is 0.755. The maximum atomic E-state index is 5.12. The van der Waals surface area contributed by atoms with Crippen LogP contribution in [0.2, 0.25) is 0 Å². The van der Waals surface area contributed by atoms with E-state index in [1.165, 1.54) is 30.5 Å². The summed E-state index contributed by atoms with van der Waals surface area (Å²) in [6.45, 7) is 5.14. The average molecular weight is 221 g/mol. The first-order valence-corrected chi connectivity index (χ1v) is 6.10. The van der Waals surface area contributed by atoms with E-state index in [0.717, 1.165) is 0 Å². The molecule has 2 nitrogen and oxygen atoms in total. The molecular formula is C14H23NO. The van der Waals surface area contributed by atoms with Crippen LogP contribution in [0.4, 0.5) is 5.69 Å². The lowest BCUT2D eigenvalue weighted by Gasteiger charge is -2.15. The summed E-state index contributed by atoms with van der Waals surface area (Å²) in [6, 6.07) is 8.97. The molecule has 0 aliphatic heterocycles. The Labute approximate surface area is 99.0 Å². The summed E-state index contributed by atoms with van der Waals surface area (Å²) < 4.78 is 5.12. The van der Waals surface area contributed by atoms with Crippen LogP contribution in [0.5, 0.6) is 0 Å².